The van der Waals surface area contributed by atoms with Crippen molar-refractivity contribution >= 4 is 50.7 Å². The lowest BCUT2D eigenvalue weighted by Gasteiger charge is -2.34. The Hall–Kier alpha value is -3.85. The number of hydrogen-bond acceptors (Lipinski definition) is 4. The molecule has 0 fully saturated rings. The summed E-state index contributed by atoms with van der Waals surface area (Å²) in [5, 5.41) is 3.41. The number of hydrogen-bond donors (Lipinski definition) is 1. The zero-order valence-corrected chi connectivity index (χ0v) is 26.5. The van der Waals surface area contributed by atoms with Crippen LogP contribution in [-0.4, -0.2) is 44.8 Å². The Morgan fingerprint density at radius 3 is 2.09 bits per heavy atom. The highest BCUT2D eigenvalue weighted by Crippen LogP contribution is 2.28. The van der Waals surface area contributed by atoms with Gasteiger partial charge in [0.15, 0.2) is 0 Å². The van der Waals surface area contributed by atoms with Crippen LogP contribution in [0.5, 0.6) is 0 Å². The smallest absolute Gasteiger partial charge is 0.264 e. The molecule has 0 saturated heterocycles. The zero-order valence-electron chi connectivity index (χ0n) is 24.1. The minimum atomic E-state index is -4.17. The van der Waals surface area contributed by atoms with E-state index in [1.54, 1.807) is 48.5 Å². The predicted molar refractivity (Wildman–Crippen MR) is 172 cm³/mol. The Kier molecular flexibility index (Phi) is 10.5. The molecule has 1 N–H and O–H groups in total. The standard InChI is InChI=1S/C33H33Cl2N3O4S/c1-23-14-17-28(18-24(23)2)38(43(41,42)29-12-8-5-9-13-29)22-32(39)37(21-26-15-16-27(34)20-30(26)35)31(33(40)36-3)19-25-10-6-4-7-11-25/h4-18,20,31H,19,21-22H2,1-3H3,(H,36,40)/t31-/m0/s1. The van der Waals surface area contributed by atoms with Gasteiger partial charge in [0.05, 0.1) is 10.6 Å². The van der Waals surface area contributed by atoms with Crippen molar-refractivity contribution < 1.29 is 18.0 Å². The maximum atomic E-state index is 14.4. The summed E-state index contributed by atoms with van der Waals surface area (Å²) >= 11 is 12.6. The van der Waals surface area contributed by atoms with Crippen LogP contribution in [0.2, 0.25) is 10.0 Å². The molecule has 2 amide bonds. The van der Waals surface area contributed by atoms with E-state index >= 15 is 0 Å². The van der Waals surface area contributed by atoms with Crippen LogP contribution in [0.4, 0.5) is 5.69 Å². The Morgan fingerprint density at radius 2 is 1.49 bits per heavy atom. The van der Waals surface area contributed by atoms with E-state index in [-0.39, 0.29) is 17.9 Å². The molecule has 0 aliphatic rings. The van der Waals surface area contributed by atoms with E-state index < -0.39 is 34.4 Å². The molecule has 4 aromatic carbocycles. The number of likely N-dealkylation sites (N-methyl/N-ethyl adjacent to an activating group) is 1. The van der Waals surface area contributed by atoms with Gasteiger partial charge in [-0.05, 0) is 72.5 Å². The molecule has 224 valence electrons. The lowest BCUT2D eigenvalue weighted by molar-refractivity contribution is -0.139. The Balaban J connectivity index is 1.82. The van der Waals surface area contributed by atoms with Crippen LogP contribution in [0, 0.1) is 13.8 Å². The fourth-order valence-corrected chi connectivity index (χ4v) is 6.58. The lowest BCUT2D eigenvalue weighted by Crippen LogP contribution is -2.53. The predicted octanol–water partition coefficient (Wildman–Crippen LogP) is 6.19. The minimum absolute atomic E-state index is 0.0421. The molecule has 0 heterocycles. The monoisotopic (exact) mass is 637 g/mol. The van der Waals surface area contributed by atoms with E-state index in [9.17, 15) is 18.0 Å². The highest BCUT2D eigenvalue weighted by Gasteiger charge is 2.34. The average molecular weight is 639 g/mol. The Bertz CT molecular complexity index is 1700. The van der Waals surface area contributed by atoms with Crippen LogP contribution in [0.25, 0.3) is 0 Å². The van der Waals surface area contributed by atoms with Crippen molar-refractivity contribution in [2.24, 2.45) is 0 Å². The highest BCUT2D eigenvalue weighted by molar-refractivity contribution is 7.92. The second kappa shape index (κ2) is 14.1. The van der Waals surface area contributed by atoms with Crippen LogP contribution in [0.1, 0.15) is 22.3 Å². The third-order valence-electron chi connectivity index (χ3n) is 7.26. The molecule has 0 aliphatic carbocycles. The fraction of sp³-hybridized carbons (Fsp3) is 0.212. The number of benzene rings is 4. The number of halogens is 2. The van der Waals surface area contributed by atoms with Crippen LogP contribution in [0.15, 0.2) is 102 Å². The summed E-state index contributed by atoms with van der Waals surface area (Å²) in [6.07, 6.45) is 0.201. The molecule has 10 heteroatoms. The summed E-state index contributed by atoms with van der Waals surface area (Å²) in [5.41, 5.74) is 3.58. The average Bonchev–Trinajstić information content (AvgIpc) is 3.00. The van der Waals surface area contributed by atoms with Gasteiger partial charge in [0.1, 0.15) is 12.6 Å². The molecule has 1 atom stereocenters. The number of nitrogens with zero attached hydrogens (tertiary/aromatic N) is 2. The highest BCUT2D eigenvalue weighted by atomic mass is 35.5. The molecule has 0 aromatic heterocycles. The number of aryl methyl sites for hydroxylation is 2. The number of sulfonamides is 1. The fourth-order valence-electron chi connectivity index (χ4n) is 4.68. The van der Waals surface area contributed by atoms with Crippen LogP contribution in [0.3, 0.4) is 0 Å². The van der Waals surface area contributed by atoms with Gasteiger partial charge in [-0.3, -0.25) is 13.9 Å². The van der Waals surface area contributed by atoms with Gasteiger partial charge in [-0.15, -0.1) is 0 Å². The third kappa shape index (κ3) is 7.76. The molecular formula is C33H33Cl2N3O4S. The van der Waals surface area contributed by atoms with Crippen molar-refractivity contribution in [1.29, 1.82) is 0 Å². The summed E-state index contributed by atoms with van der Waals surface area (Å²) in [5.74, 6) is -0.973. The SMILES string of the molecule is CNC(=O)[C@H](Cc1ccccc1)N(Cc1ccc(Cl)cc1Cl)C(=O)CN(c1ccc(C)c(C)c1)S(=O)(=O)c1ccccc1. The largest absolute Gasteiger partial charge is 0.357 e. The molecule has 0 aliphatic heterocycles. The molecule has 0 saturated carbocycles. The van der Waals surface area contributed by atoms with Gasteiger partial charge in [-0.2, -0.15) is 0 Å². The van der Waals surface area contributed by atoms with E-state index in [0.717, 1.165) is 21.0 Å². The second-order valence-electron chi connectivity index (χ2n) is 10.2. The number of nitrogens with one attached hydrogen (secondary N) is 1. The van der Waals surface area contributed by atoms with Crippen LogP contribution in [-0.2, 0) is 32.6 Å². The van der Waals surface area contributed by atoms with Crippen molar-refractivity contribution in [3.8, 4) is 0 Å². The number of anilines is 1. The first-order valence-electron chi connectivity index (χ1n) is 13.6. The van der Waals surface area contributed by atoms with Gasteiger partial charge in [0.2, 0.25) is 11.8 Å². The van der Waals surface area contributed by atoms with Gasteiger partial charge >= 0.3 is 0 Å². The lowest BCUT2D eigenvalue weighted by atomic mass is 10.0. The summed E-state index contributed by atoms with van der Waals surface area (Å²) in [6.45, 7) is 3.21. The van der Waals surface area contributed by atoms with E-state index in [1.807, 2.05) is 50.2 Å². The van der Waals surface area contributed by atoms with E-state index in [0.29, 0.717) is 21.3 Å². The molecular weight excluding hydrogens is 605 g/mol. The first-order chi connectivity index (χ1) is 20.5. The summed E-state index contributed by atoms with van der Waals surface area (Å²) < 4.78 is 29.2. The van der Waals surface area contributed by atoms with Gasteiger partial charge in [-0.1, -0.05) is 83.9 Å². The maximum absolute atomic E-state index is 14.4. The first kappa shape index (κ1) is 32.1. The summed E-state index contributed by atoms with van der Waals surface area (Å²) in [7, 11) is -2.67. The molecule has 4 rings (SSSR count). The second-order valence-corrected chi connectivity index (χ2v) is 12.9. The van der Waals surface area contributed by atoms with E-state index in [2.05, 4.69) is 5.32 Å². The van der Waals surface area contributed by atoms with E-state index in [4.69, 9.17) is 23.2 Å². The molecule has 0 bridgehead atoms. The number of rotatable bonds is 11. The number of carbonyl (C=O) groups is 2. The van der Waals surface area contributed by atoms with Crippen molar-refractivity contribution in [2.45, 2.75) is 37.8 Å². The summed E-state index contributed by atoms with van der Waals surface area (Å²) in [6, 6.07) is 26.4. The number of amides is 2. The topological polar surface area (TPSA) is 86.8 Å². The number of carbonyl (C=O) groups excluding carboxylic acids is 2. The summed E-state index contributed by atoms with van der Waals surface area (Å²) in [4.78, 5) is 29.1. The first-order valence-corrected chi connectivity index (χ1v) is 15.8. The molecule has 4 aromatic rings. The molecule has 43 heavy (non-hydrogen) atoms. The maximum Gasteiger partial charge on any atom is 0.264 e. The Morgan fingerprint density at radius 1 is 0.837 bits per heavy atom. The van der Waals surface area contributed by atoms with Gasteiger partial charge in [0, 0.05) is 30.1 Å². The van der Waals surface area contributed by atoms with Gasteiger partial charge in [-0.25, -0.2) is 8.42 Å². The molecule has 7 nitrogen and oxygen atoms in total. The van der Waals surface area contributed by atoms with Crippen molar-refractivity contribution in [3.63, 3.8) is 0 Å². The molecule has 0 unspecified atom stereocenters. The molecule has 0 radical (unpaired) electrons. The van der Waals surface area contributed by atoms with E-state index in [1.165, 1.54) is 24.1 Å². The zero-order chi connectivity index (χ0) is 31.1. The van der Waals surface area contributed by atoms with Crippen molar-refractivity contribution in [1.82, 2.24) is 10.2 Å². The van der Waals surface area contributed by atoms with Gasteiger partial charge < -0.3 is 10.2 Å². The third-order valence-corrected chi connectivity index (χ3v) is 9.64. The van der Waals surface area contributed by atoms with Crippen molar-refractivity contribution in [3.05, 3.63) is 129 Å². The normalized spacial score (nSPS) is 11.9. The minimum Gasteiger partial charge on any atom is -0.357 e. The Labute approximate surface area is 263 Å². The van der Waals surface area contributed by atoms with Crippen LogP contribution >= 0.6 is 23.2 Å². The quantitative estimate of drug-likeness (QED) is 0.212. The molecule has 0 spiro atoms. The van der Waals surface area contributed by atoms with Crippen molar-refractivity contribution in [2.75, 3.05) is 17.9 Å². The van der Waals surface area contributed by atoms with Gasteiger partial charge in [0.25, 0.3) is 10.0 Å². The van der Waals surface area contributed by atoms with Crippen LogP contribution < -0.4 is 9.62 Å².